The van der Waals surface area contributed by atoms with Crippen molar-refractivity contribution in [3.63, 3.8) is 0 Å². The van der Waals surface area contributed by atoms with Gasteiger partial charge >= 0.3 is 0 Å². The van der Waals surface area contributed by atoms with Crippen LogP contribution in [0.2, 0.25) is 0 Å². The minimum absolute atomic E-state index is 0.0391. The molecule has 0 radical (unpaired) electrons. The van der Waals surface area contributed by atoms with Crippen LogP contribution in [0.25, 0.3) is 32.9 Å². The summed E-state index contributed by atoms with van der Waals surface area (Å²) >= 11 is 3.46. The van der Waals surface area contributed by atoms with Gasteiger partial charge in [0.2, 0.25) is 0 Å². The highest BCUT2D eigenvalue weighted by Crippen LogP contribution is 2.59. The number of fused-ring (bicyclic) bond motifs is 7. The van der Waals surface area contributed by atoms with Crippen molar-refractivity contribution in [2.75, 3.05) is 19.2 Å². The summed E-state index contributed by atoms with van der Waals surface area (Å²) in [6, 6.07) is 13.2. The monoisotopic (exact) mass is 660 g/mol. The fourth-order valence-corrected chi connectivity index (χ4v) is 9.09. The van der Waals surface area contributed by atoms with Crippen LogP contribution < -0.4 is 4.74 Å². The van der Waals surface area contributed by atoms with Crippen LogP contribution in [0.15, 0.2) is 104 Å². The van der Waals surface area contributed by atoms with Crippen molar-refractivity contribution in [2.24, 2.45) is 10.3 Å². The molecule has 0 N–H and O–H groups in total. The van der Waals surface area contributed by atoms with Crippen molar-refractivity contribution in [2.45, 2.75) is 66.9 Å². The van der Waals surface area contributed by atoms with Gasteiger partial charge in [-0.1, -0.05) is 65.8 Å². The molecule has 3 aliphatic carbocycles. The summed E-state index contributed by atoms with van der Waals surface area (Å²) in [4.78, 5) is 18.1. The van der Waals surface area contributed by atoms with Gasteiger partial charge in [0.25, 0.3) is 0 Å². The van der Waals surface area contributed by atoms with Crippen molar-refractivity contribution < 1.29 is 9.47 Å². The zero-order chi connectivity index (χ0) is 32.8. The third-order valence-corrected chi connectivity index (χ3v) is 11.7. The third-order valence-electron chi connectivity index (χ3n) is 10.00. The van der Waals surface area contributed by atoms with E-state index in [2.05, 4.69) is 101 Å². The van der Waals surface area contributed by atoms with Gasteiger partial charge in [-0.15, -0.1) is 28.4 Å². The average Bonchev–Trinajstić information content (AvgIpc) is 3.40. The summed E-state index contributed by atoms with van der Waals surface area (Å²) in [6.45, 7) is 4.09. The lowest BCUT2D eigenvalue weighted by atomic mass is 9.77. The van der Waals surface area contributed by atoms with Crippen molar-refractivity contribution >= 4 is 45.9 Å². The molecule has 0 spiro atoms. The number of benzene rings is 3. The molecule has 238 valence electrons. The van der Waals surface area contributed by atoms with E-state index < -0.39 is 11.1 Å². The second-order valence-corrected chi connectivity index (χ2v) is 14.0. The first-order valence-electron chi connectivity index (χ1n) is 15.9. The summed E-state index contributed by atoms with van der Waals surface area (Å²) in [6.07, 6.45) is 21.0. The first-order valence-corrected chi connectivity index (χ1v) is 18.4. The Morgan fingerprint density at radius 3 is 2.45 bits per heavy atom. The highest BCUT2D eigenvalue weighted by Gasteiger charge is 2.48. The molecule has 7 nitrogen and oxygen atoms in total. The normalized spacial score (nSPS) is 22.5. The molecule has 3 aromatic rings. The largest absolute Gasteiger partial charge is 0.492 e. The van der Waals surface area contributed by atoms with E-state index in [1.165, 1.54) is 15.4 Å². The molecule has 0 saturated heterocycles. The van der Waals surface area contributed by atoms with Gasteiger partial charge in [-0.2, -0.15) is 0 Å². The number of nitrogens with zero attached hydrogens (tertiary/aromatic N) is 4. The minimum atomic E-state index is -0.993. The Morgan fingerprint density at radius 1 is 1.02 bits per heavy atom. The maximum absolute atomic E-state index is 12.9. The predicted molar refractivity (Wildman–Crippen MR) is 194 cm³/mol. The molecule has 2 unspecified atom stereocenters. The van der Waals surface area contributed by atoms with E-state index in [1.807, 2.05) is 13.0 Å². The Morgan fingerprint density at radius 2 is 1.79 bits per heavy atom. The Balaban J connectivity index is 1.50. The number of ether oxygens (including phenoxy) is 2. The van der Waals surface area contributed by atoms with Gasteiger partial charge in [-0.3, -0.25) is 0 Å². The van der Waals surface area contributed by atoms with E-state index in [9.17, 15) is 4.91 Å². The molecular weight excluding hydrogens is 625 g/mol. The van der Waals surface area contributed by atoms with Gasteiger partial charge in [-0.05, 0) is 108 Å². The fraction of sp³-hybridized carbons (Fsp3) is 0.316. The Hall–Kier alpha value is -4.17. The standard InChI is InChI=1S/C38H36N4O3S2/c1-5-23-10-12-24(13-11-23)38(25-14-16-26(17-15-25)44-22-40-42-39)19-18-28-35-34(27-8-6-7-9-31(27)37(35,2)41-43)29-20-32(46-3)33(47-4)21-30(29)36(28)45-38/h6,8,10-14,16,18-21H,5,7,9,15,17,22H2,1-4H3. The van der Waals surface area contributed by atoms with Crippen LogP contribution in [0.3, 0.4) is 0 Å². The first-order chi connectivity index (χ1) is 22.9. The van der Waals surface area contributed by atoms with E-state index >= 15 is 0 Å². The number of rotatable bonds is 9. The average molecular weight is 661 g/mol. The second kappa shape index (κ2) is 12.5. The van der Waals surface area contributed by atoms with Crippen LogP contribution in [0, 0.1) is 4.91 Å². The van der Waals surface area contributed by atoms with Crippen LogP contribution in [-0.4, -0.2) is 19.2 Å². The molecule has 4 aliphatic rings. The van der Waals surface area contributed by atoms with Gasteiger partial charge in [0.1, 0.15) is 11.3 Å². The molecular formula is C38H36N4O3S2. The van der Waals surface area contributed by atoms with Gasteiger partial charge in [0.05, 0.1) is 5.76 Å². The van der Waals surface area contributed by atoms with Gasteiger partial charge in [-0.25, -0.2) is 0 Å². The smallest absolute Gasteiger partial charge is 0.174 e. The summed E-state index contributed by atoms with van der Waals surface area (Å²) < 4.78 is 13.2. The van der Waals surface area contributed by atoms with Crippen molar-refractivity contribution in [1.29, 1.82) is 0 Å². The van der Waals surface area contributed by atoms with Crippen molar-refractivity contribution in [3.05, 3.63) is 127 Å². The van der Waals surface area contributed by atoms with Gasteiger partial charge in [0.15, 0.2) is 12.3 Å². The number of hydrogen-bond donors (Lipinski definition) is 0. The highest BCUT2D eigenvalue weighted by atomic mass is 32.2. The van der Waals surface area contributed by atoms with Crippen LogP contribution >= 0.6 is 23.5 Å². The van der Waals surface area contributed by atoms with E-state index in [0.29, 0.717) is 12.8 Å². The van der Waals surface area contributed by atoms with E-state index in [4.69, 9.17) is 15.0 Å². The van der Waals surface area contributed by atoms with E-state index in [-0.39, 0.29) is 6.73 Å². The molecule has 0 fully saturated rings. The Bertz CT molecular complexity index is 2020. The molecule has 0 aromatic heterocycles. The summed E-state index contributed by atoms with van der Waals surface area (Å²) in [5, 5.41) is 9.52. The second-order valence-electron chi connectivity index (χ2n) is 12.3. The number of thioether (sulfide) groups is 2. The molecule has 2 atom stereocenters. The zero-order valence-electron chi connectivity index (χ0n) is 27.0. The summed E-state index contributed by atoms with van der Waals surface area (Å²) in [5.74, 6) is 1.55. The first kappa shape index (κ1) is 31.4. The molecule has 0 bridgehead atoms. The Kier molecular flexibility index (Phi) is 8.33. The predicted octanol–water partition coefficient (Wildman–Crippen LogP) is 11.1. The molecule has 47 heavy (non-hydrogen) atoms. The molecule has 3 aromatic carbocycles. The summed E-state index contributed by atoms with van der Waals surface area (Å²) in [7, 11) is 0. The van der Waals surface area contributed by atoms with Crippen molar-refractivity contribution in [1.82, 2.24) is 0 Å². The molecule has 1 heterocycles. The number of hydrogen-bond acceptors (Lipinski definition) is 7. The van der Waals surface area contributed by atoms with Crippen molar-refractivity contribution in [3.8, 4) is 5.75 Å². The number of aryl methyl sites for hydroxylation is 1. The van der Waals surface area contributed by atoms with Gasteiger partial charge in [0, 0.05) is 43.2 Å². The number of allylic oxidation sites excluding steroid dienone is 6. The van der Waals surface area contributed by atoms with Crippen LogP contribution in [0.4, 0.5) is 0 Å². The Labute approximate surface area is 283 Å². The molecule has 0 saturated carbocycles. The molecule has 0 amide bonds. The highest BCUT2D eigenvalue weighted by molar-refractivity contribution is 8.01. The van der Waals surface area contributed by atoms with Gasteiger partial charge < -0.3 is 9.47 Å². The third kappa shape index (κ3) is 4.95. The molecule has 9 heteroatoms. The number of nitroso groups, excluding NO2 is 1. The SMILES string of the molecule is CCc1ccc(C2(C3=CC=C(OCN=[N+]=[N-])CC3)C=Cc3c4c(c5cc(SC)c(SC)cc5c3O2)C2=C(CCC=C2)C4(C)N=O)cc1. The van der Waals surface area contributed by atoms with Crippen LogP contribution in [-0.2, 0) is 22.3 Å². The lowest BCUT2D eigenvalue weighted by Gasteiger charge is -2.40. The topological polar surface area (TPSA) is 96.7 Å². The molecule has 7 rings (SSSR count). The lowest BCUT2D eigenvalue weighted by molar-refractivity contribution is 0.149. The van der Waals surface area contributed by atoms with Crippen LogP contribution in [0.1, 0.15) is 67.3 Å². The maximum Gasteiger partial charge on any atom is 0.174 e. The fourth-order valence-electron chi connectivity index (χ4n) is 7.59. The number of azide groups is 1. The quantitative estimate of drug-likeness (QED) is 0.0748. The maximum atomic E-state index is 12.9. The van der Waals surface area contributed by atoms with E-state index in [1.54, 1.807) is 23.5 Å². The summed E-state index contributed by atoms with van der Waals surface area (Å²) in [5.41, 5.74) is 15.4. The zero-order valence-corrected chi connectivity index (χ0v) is 28.6. The minimum Gasteiger partial charge on any atom is -0.492 e. The van der Waals surface area contributed by atoms with Crippen LogP contribution in [0.5, 0.6) is 5.75 Å². The molecule has 1 aliphatic heterocycles. The van der Waals surface area contributed by atoms with E-state index in [0.717, 1.165) is 80.5 Å². The lowest BCUT2D eigenvalue weighted by Crippen LogP contribution is -2.36.